The molecule has 0 atom stereocenters. The summed E-state index contributed by atoms with van der Waals surface area (Å²) in [6, 6.07) is 10.9. The molecule has 2 aromatic heterocycles. The van der Waals surface area contributed by atoms with E-state index in [0.717, 1.165) is 11.2 Å². The molecule has 3 aromatic rings. The lowest BCUT2D eigenvalue weighted by atomic mass is 10.1. The number of benzene rings is 1. The molecule has 8 heteroatoms. The summed E-state index contributed by atoms with van der Waals surface area (Å²) >= 11 is 0. The number of rotatable bonds is 3. The van der Waals surface area contributed by atoms with Gasteiger partial charge in [0, 0.05) is 44.7 Å². The van der Waals surface area contributed by atoms with Gasteiger partial charge in [0.25, 0.3) is 11.5 Å². The van der Waals surface area contributed by atoms with E-state index in [2.05, 4.69) is 14.9 Å². The van der Waals surface area contributed by atoms with Gasteiger partial charge in [-0.3, -0.25) is 9.59 Å². The van der Waals surface area contributed by atoms with Crippen molar-refractivity contribution < 1.29 is 9.53 Å². The summed E-state index contributed by atoms with van der Waals surface area (Å²) in [5.74, 6) is 1.15. The first-order valence-electron chi connectivity index (χ1n) is 9.07. The van der Waals surface area contributed by atoms with Gasteiger partial charge in [0.2, 0.25) is 5.88 Å². The molecule has 144 valence electrons. The fourth-order valence-corrected chi connectivity index (χ4v) is 3.47. The van der Waals surface area contributed by atoms with Crippen LogP contribution in [-0.2, 0) is 7.05 Å². The molecule has 8 nitrogen and oxygen atoms in total. The molecule has 0 spiro atoms. The van der Waals surface area contributed by atoms with Crippen molar-refractivity contribution in [1.82, 2.24) is 19.4 Å². The Hall–Kier alpha value is -3.42. The van der Waals surface area contributed by atoms with E-state index in [1.54, 1.807) is 37.3 Å². The van der Waals surface area contributed by atoms with Gasteiger partial charge in [-0.15, -0.1) is 0 Å². The summed E-state index contributed by atoms with van der Waals surface area (Å²) in [6.45, 7) is 2.39. The third-order valence-electron chi connectivity index (χ3n) is 5.10. The molecule has 0 bridgehead atoms. The van der Waals surface area contributed by atoms with E-state index in [1.807, 2.05) is 18.2 Å². The van der Waals surface area contributed by atoms with Gasteiger partial charge < -0.3 is 19.1 Å². The van der Waals surface area contributed by atoms with Crippen molar-refractivity contribution in [3.05, 3.63) is 58.8 Å². The highest BCUT2D eigenvalue weighted by atomic mass is 16.5. The Morgan fingerprint density at radius 1 is 1.07 bits per heavy atom. The van der Waals surface area contributed by atoms with Crippen LogP contribution in [0.1, 0.15) is 10.5 Å². The minimum absolute atomic E-state index is 0.134. The van der Waals surface area contributed by atoms with Crippen LogP contribution in [0.15, 0.2) is 47.5 Å². The molecule has 1 fully saturated rings. The van der Waals surface area contributed by atoms with Gasteiger partial charge in [-0.2, -0.15) is 0 Å². The Balaban J connectivity index is 1.54. The van der Waals surface area contributed by atoms with Crippen LogP contribution in [0.25, 0.3) is 10.8 Å². The number of ether oxygens (including phenoxy) is 1. The van der Waals surface area contributed by atoms with Gasteiger partial charge in [-0.1, -0.05) is 18.2 Å². The Kier molecular flexibility index (Phi) is 4.68. The standard InChI is InChI=1S/C20H21N5O3/c1-23-16(11-14-5-3-4-6-15(14)19(23)26)20(27)25-9-7-24(8-10-25)17-12-18(28-2)22-13-21-17/h3-6,11-13H,7-10H2,1-2H3. The largest absolute Gasteiger partial charge is 0.481 e. The topological polar surface area (TPSA) is 80.6 Å². The van der Waals surface area contributed by atoms with E-state index in [4.69, 9.17) is 4.74 Å². The van der Waals surface area contributed by atoms with Gasteiger partial charge in [0.15, 0.2) is 0 Å². The SMILES string of the molecule is COc1cc(N2CCN(C(=O)c3cc4ccccc4c(=O)n3C)CC2)ncn1. The number of amides is 1. The third kappa shape index (κ3) is 3.17. The highest BCUT2D eigenvalue weighted by Gasteiger charge is 2.25. The number of pyridine rings is 1. The Morgan fingerprint density at radius 3 is 2.57 bits per heavy atom. The molecule has 1 aliphatic rings. The van der Waals surface area contributed by atoms with E-state index in [1.165, 1.54) is 10.9 Å². The van der Waals surface area contributed by atoms with Gasteiger partial charge in [-0.25, -0.2) is 9.97 Å². The van der Waals surface area contributed by atoms with Crippen molar-refractivity contribution in [3.8, 4) is 5.88 Å². The zero-order chi connectivity index (χ0) is 19.7. The van der Waals surface area contributed by atoms with Gasteiger partial charge in [0.05, 0.1) is 7.11 Å². The van der Waals surface area contributed by atoms with E-state index >= 15 is 0 Å². The number of carbonyl (C=O) groups excluding carboxylic acids is 1. The van der Waals surface area contributed by atoms with Crippen LogP contribution < -0.4 is 15.2 Å². The zero-order valence-electron chi connectivity index (χ0n) is 15.8. The summed E-state index contributed by atoms with van der Waals surface area (Å²) in [4.78, 5) is 37.8. The molecule has 0 aliphatic carbocycles. The molecule has 1 aromatic carbocycles. The number of hydrogen-bond acceptors (Lipinski definition) is 6. The van der Waals surface area contributed by atoms with Gasteiger partial charge in [0.1, 0.15) is 17.8 Å². The quantitative estimate of drug-likeness (QED) is 0.682. The zero-order valence-corrected chi connectivity index (χ0v) is 15.8. The second-order valence-electron chi connectivity index (χ2n) is 6.68. The van der Waals surface area contributed by atoms with Crippen LogP contribution in [0.3, 0.4) is 0 Å². The maximum absolute atomic E-state index is 13.1. The van der Waals surface area contributed by atoms with E-state index in [-0.39, 0.29) is 11.5 Å². The molecule has 1 aliphatic heterocycles. The maximum atomic E-state index is 13.1. The minimum atomic E-state index is -0.159. The van der Waals surface area contributed by atoms with Crippen molar-refractivity contribution in [2.24, 2.45) is 7.05 Å². The number of nitrogens with zero attached hydrogens (tertiary/aromatic N) is 5. The van der Waals surface area contributed by atoms with Crippen molar-refractivity contribution in [2.45, 2.75) is 0 Å². The van der Waals surface area contributed by atoms with E-state index < -0.39 is 0 Å². The van der Waals surface area contributed by atoms with E-state index in [9.17, 15) is 9.59 Å². The maximum Gasteiger partial charge on any atom is 0.270 e. The molecule has 0 unspecified atom stereocenters. The lowest BCUT2D eigenvalue weighted by Crippen LogP contribution is -2.49. The number of aromatic nitrogens is 3. The molecule has 28 heavy (non-hydrogen) atoms. The summed E-state index contributed by atoms with van der Waals surface area (Å²) in [7, 11) is 3.21. The molecular weight excluding hydrogens is 358 g/mol. The first-order chi connectivity index (χ1) is 13.6. The predicted octanol–water partition coefficient (Wildman–Crippen LogP) is 1.30. The summed E-state index contributed by atoms with van der Waals surface area (Å²) in [6.07, 6.45) is 1.47. The average Bonchev–Trinajstić information content (AvgIpc) is 2.76. The summed E-state index contributed by atoms with van der Waals surface area (Å²) in [5, 5.41) is 1.39. The molecule has 1 saturated heterocycles. The monoisotopic (exact) mass is 379 g/mol. The number of fused-ring (bicyclic) bond motifs is 1. The predicted molar refractivity (Wildman–Crippen MR) is 106 cm³/mol. The second kappa shape index (κ2) is 7.30. The molecular formula is C20H21N5O3. The Morgan fingerprint density at radius 2 is 1.82 bits per heavy atom. The van der Waals surface area contributed by atoms with Crippen LogP contribution >= 0.6 is 0 Å². The summed E-state index contributed by atoms with van der Waals surface area (Å²) < 4.78 is 6.58. The molecule has 0 N–H and O–H groups in total. The van der Waals surface area contributed by atoms with Crippen molar-refractivity contribution >= 4 is 22.5 Å². The van der Waals surface area contributed by atoms with E-state index in [0.29, 0.717) is 43.1 Å². The molecule has 0 radical (unpaired) electrons. The van der Waals surface area contributed by atoms with Crippen LogP contribution in [-0.4, -0.2) is 58.6 Å². The molecule has 1 amide bonds. The lowest BCUT2D eigenvalue weighted by molar-refractivity contribution is 0.0735. The molecule has 3 heterocycles. The number of hydrogen-bond donors (Lipinski definition) is 0. The summed E-state index contributed by atoms with van der Waals surface area (Å²) in [5.41, 5.74) is 0.244. The van der Waals surface area contributed by atoms with Gasteiger partial charge in [-0.05, 0) is 17.5 Å². The fraction of sp³-hybridized carbons (Fsp3) is 0.300. The Bertz CT molecular complexity index is 1090. The van der Waals surface area contributed by atoms with Crippen LogP contribution in [0, 0.1) is 0 Å². The van der Waals surface area contributed by atoms with Crippen molar-refractivity contribution in [3.63, 3.8) is 0 Å². The minimum Gasteiger partial charge on any atom is -0.481 e. The average molecular weight is 379 g/mol. The van der Waals surface area contributed by atoms with Gasteiger partial charge >= 0.3 is 0 Å². The Labute approximate surface area is 162 Å². The van der Waals surface area contributed by atoms with Crippen molar-refractivity contribution in [1.29, 1.82) is 0 Å². The number of anilines is 1. The van der Waals surface area contributed by atoms with Crippen molar-refractivity contribution in [2.75, 3.05) is 38.2 Å². The number of methoxy groups -OCH3 is 1. The molecule has 4 rings (SSSR count). The highest BCUT2D eigenvalue weighted by Crippen LogP contribution is 2.19. The van der Waals surface area contributed by atoms with Crippen LogP contribution in [0.2, 0.25) is 0 Å². The lowest BCUT2D eigenvalue weighted by Gasteiger charge is -2.35. The smallest absolute Gasteiger partial charge is 0.270 e. The van der Waals surface area contributed by atoms with Crippen LogP contribution in [0.4, 0.5) is 5.82 Å². The third-order valence-corrected chi connectivity index (χ3v) is 5.10. The number of piperazine rings is 1. The molecule has 0 saturated carbocycles. The van der Waals surface area contributed by atoms with Crippen LogP contribution in [0.5, 0.6) is 5.88 Å². The first kappa shape index (κ1) is 18.0. The first-order valence-corrected chi connectivity index (χ1v) is 9.07. The highest BCUT2D eigenvalue weighted by molar-refractivity contribution is 5.96. The fourth-order valence-electron chi connectivity index (χ4n) is 3.47. The normalized spacial score (nSPS) is 14.4. The second-order valence-corrected chi connectivity index (χ2v) is 6.68. The number of carbonyl (C=O) groups is 1.